The summed E-state index contributed by atoms with van der Waals surface area (Å²) in [5, 5.41) is 26.3. The van der Waals surface area contributed by atoms with Crippen LogP contribution in [0, 0.1) is 10.1 Å². The van der Waals surface area contributed by atoms with Gasteiger partial charge in [-0.05, 0) is 43.3 Å². The molecule has 1 heterocycles. The second-order valence-electron chi connectivity index (χ2n) is 5.22. The normalized spacial score (nSPS) is 5.24. The Hall–Kier alpha value is -3.82. The highest BCUT2D eigenvalue weighted by molar-refractivity contribution is 5.73. The number of rotatable bonds is 2. The van der Waals surface area contributed by atoms with Gasteiger partial charge in [-0.3, -0.25) is 14.9 Å². The third kappa shape index (κ3) is 67.3. The monoisotopic (exact) mass is 725 g/mol. The molecule has 0 saturated carbocycles. The molecule has 3 aromatic rings. The topological polar surface area (TPSA) is 137 Å². The molecule has 0 unspecified atom stereocenters. The summed E-state index contributed by atoms with van der Waals surface area (Å²) in [6.45, 7) is 8.32. The highest BCUT2D eigenvalue weighted by Crippen LogP contribution is 2.17. The van der Waals surface area contributed by atoms with E-state index in [1.54, 1.807) is 12.1 Å². The summed E-state index contributed by atoms with van der Waals surface area (Å²) in [6, 6.07) is 12.5. The van der Waals surface area contributed by atoms with Gasteiger partial charge in [0, 0.05) is 19.1 Å². The molecule has 1 N–H and O–H groups in total. The van der Waals surface area contributed by atoms with Gasteiger partial charge < -0.3 is 14.7 Å². The first-order chi connectivity index (χ1) is 13.7. The molecular formula is C39H104N4O6. The molecule has 2 aromatic carbocycles. The van der Waals surface area contributed by atoms with E-state index in [1.807, 2.05) is 26.0 Å². The number of nitrogens with zero attached hydrogens (tertiary/aromatic N) is 4. The van der Waals surface area contributed by atoms with E-state index in [1.165, 1.54) is 45.0 Å². The molecule has 10 heteroatoms. The molecule has 0 aliphatic carbocycles. The molecule has 0 radical (unpaired) electrons. The predicted octanol–water partition coefficient (Wildman–Crippen LogP) is 16.5. The van der Waals surface area contributed by atoms with Crippen molar-refractivity contribution in [2.45, 2.75) is 183 Å². The molecule has 0 spiro atoms. The van der Waals surface area contributed by atoms with Crippen molar-refractivity contribution in [1.82, 2.24) is 15.2 Å². The van der Waals surface area contributed by atoms with Crippen molar-refractivity contribution >= 4 is 28.5 Å². The van der Waals surface area contributed by atoms with Gasteiger partial charge in [0.25, 0.3) is 5.69 Å². The van der Waals surface area contributed by atoms with E-state index in [0.29, 0.717) is 16.8 Å². The number of fused-ring (bicyclic) bond motifs is 1. The number of hydrogen-bond donors (Lipinski definition) is 1. The second-order valence-corrected chi connectivity index (χ2v) is 5.22. The number of esters is 1. The molecule has 316 valence electrons. The zero-order chi connectivity index (χ0) is 22.4. The average Bonchev–Trinajstić information content (AvgIpc) is 3.05. The van der Waals surface area contributed by atoms with Crippen molar-refractivity contribution < 1.29 is 24.5 Å². The molecule has 0 amide bonds. The summed E-state index contributed by atoms with van der Waals surface area (Å²) < 4.78 is 4.69. The summed E-state index contributed by atoms with van der Waals surface area (Å²) in [5.74, 6) is 0.0203. The molecule has 0 atom stereocenters. The Labute approximate surface area is 315 Å². The number of benzene rings is 2. The molecule has 3 rings (SSSR count). The van der Waals surface area contributed by atoms with Crippen molar-refractivity contribution in [1.29, 1.82) is 0 Å². The average molecular weight is 725 g/mol. The first-order valence-electron chi connectivity index (χ1n) is 8.60. The van der Waals surface area contributed by atoms with Crippen LogP contribution in [0.5, 0.6) is 5.75 Å². The molecule has 0 fully saturated rings. The maximum Gasteiger partial charge on any atom is 0.308 e. The fourth-order valence-corrected chi connectivity index (χ4v) is 1.66. The Balaban J connectivity index is -0.0000000108. The van der Waals surface area contributed by atoms with Gasteiger partial charge in [0.15, 0.2) is 0 Å². The van der Waals surface area contributed by atoms with Gasteiger partial charge in [0.05, 0.1) is 4.92 Å². The first-order valence-corrected chi connectivity index (χ1v) is 8.60. The summed E-state index contributed by atoms with van der Waals surface area (Å²) in [4.78, 5) is 30.4. The Bertz CT molecular complexity index is 927. The highest BCUT2D eigenvalue weighted by atomic mass is 16.6. The number of nitro benzene ring substituents is 1. The SMILES string of the molecule is C.C.C.C.C.C.C.C.C.C.C.C.C.C.C.C.C.C.C.C.CC.CC(=O)Oc1ccc([N+](=O)[O-])cc1.CC(C)=O.On1nnc2ccccc21. The maximum absolute atomic E-state index is 10.5. The first kappa shape index (κ1) is 151. The second kappa shape index (κ2) is 84.7. The number of Topliss-reactive ketones (excluding diaryl/α,β-unsaturated/α-hetero) is 1. The Morgan fingerprint density at radius 1 is 0.633 bits per heavy atom. The third-order valence-corrected chi connectivity index (χ3v) is 2.64. The van der Waals surface area contributed by atoms with Crippen LogP contribution in [-0.2, 0) is 9.59 Å². The molecule has 0 aliphatic rings. The van der Waals surface area contributed by atoms with Crippen LogP contribution < -0.4 is 4.74 Å². The van der Waals surface area contributed by atoms with Gasteiger partial charge >= 0.3 is 5.97 Å². The largest absolute Gasteiger partial charge is 0.427 e. The van der Waals surface area contributed by atoms with E-state index in [-0.39, 0.29) is 160 Å². The number of carbonyl (C=O) groups is 2. The molecular weight excluding hydrogens is 620 g/mol. The van der Waals surface area contributed by atoms with Gasteiger partial charge in [-0.1, -0.05) is 179 Å². The minimum Gasteiger partial charge on any atom is -0.427 e. The third-order valence-electron chi connectivity index (χ3n) is 2.64. The van der Waals surface area contributed by atoms with E-state index in [9.17, 15) is 19.7 Å². The van der Waals surface area contributed by atoms with E-state index in [0.717, 1.165) is 4.85 Å². The van der Waals surface area contributed by atoms with Gasteiger partial charge in [-0.2, -0.15) is 0 Å². The van der Waals surface area contributed by atoms with Crippen molar-refractivity contribution in [3.05, 3.63) is 58.6 Å². The van der Waals surface area contributed by atoms with E-state index < -0.39 is 10.9 Å². The van der Waals surface area contributed by atoms with Gasteiger partial charge in [-0.25, -0.2) is 0 Å². The zero-order valence-corrected chi connectivity index (χ0v) is 16.9. The Kier molecular flexibility index (Phi) is 261. The zero-order valence-electron chi connectivity index (χ0n) is 16.9. The number of ether oxygens (including phenoxy) is 1. The summed E-state index contributed by atoms with van der Waals surface area (Å²) in [6.07, 6.45) is 0. The van der Waals surface area contributed by atoms with Crippen LogP contribution in [0.1, 0.15) is 183 Å². The van der Waals surface area contributed by atoms with Gasteiger partial charge in [0.2, 0.25) is 0 Å². The standard InChI is InChI=1S/C8H7NO4.C6H5N3O.C3H6O.C2H6.20CH4/c1-6(10)13-8-4-2-7(3-5-8)9(11)12;10-9-6-4-2-1-3-5(6)7-8-9;1-3(2)4;1-2;;;;;;;;;;;;;;;;;;;;/h2-5H,1H3;1-4,10H;1-2H3;1-2H3;20*1H4. The van der Waals surface area contributed by atoms with Crippen LogP contribution in [0.25, 0.3) is 11.0 Å². The van der Waals surface area contributed by atoms with Crippen LogP contribution in [-0.4, -0.2) is 37.0 Å². The number of non-ortho nitro benzene ring substituents is 1. The fourth-order valence-electron chi connectivity index (χ4n) is 1.66. The maximum atomic E-state index is 10.5. The van der Waals surface area contributed by atoms with Gasteiger partial charge in [0.1, 0.15) is 22.6 Å². The number of nitro groups is 1. The summed E-state index contributed by atoms with van der Waals surface area (Å²) in [7, 11) is 0. The lowest BCUT2D eigenvalue weighted by atomic mass is 10.3. The van der Waals surface area contributed by atoms with Crippen LogP contribution in [0.4, 0.5) is 5.69 Å². The Morgan fingerprint density at radius 3 is 1.20 bits per heavy atom. The quantitative estimate of drug-likeness (QED) is 0.0906. The summed E-state index contributed by atoms with van der Waals surface area (Å²) in [5.41, 5.74) is 1.29. The lowest BCUT2D eigenvalue weighted by Gasteiger charge is -1.98. The number of para-hydroxylation sites is 1. The van der Waals surface area contributed by atoms with Crippen molar-refractivity contribution in [2.24, 2.45) is 0 Å². The van der Waals surface area contributed by atoms with E-state index in [2.05, 4.69) is 15.0 Å². The van der Waals surface area contributed by atoms with Crippen molar-refractivity contribution in [2.75, 3.05) is 0 Å². The van der Waals surface area contributed by atoms with E-state index in [4.69, 9.17) is 5.21 Å². The fraction of sp³-hybridized carbons (Fsp3) is 0.641. The molecule has 10 nitrogen and oxygen atoms in total. The van der Waals surface area contributed by atoms with Crippen LogP contribution in [0.15, 0.2) is 48.5 Å². The van der Waals surface area contributed by atoms with Crippen LogP contribution >= 0.6 is 0 Å². The van der Waals surface area contributed by atoms with Crippen molar-refractivity contribution in [3.63, 3.8) is 0 Å². The number of aromatic nitrogens is 3. The van der Waals surface area contributed by atoms with E-state index >= 15 is 0 Å². The highest BCUT2D eigenvalue weighted by Gasteiger charge is 2.05. The van der Waals surface area contributed by atoms with Gasteiger partial charge in [-0.15, -0.1) is 5.10 Å². The minimum absolute atomic E-state index is 0. The summed E-state index contributed by atoms with van der Waals surface area (Å²) >= 11 is 0. The molecule has 49 heavy (non-hydrogen) atoms. The number of hydrogen-bond acceptors (Lipinski definition) is 8. The predicted molar refractivity (Wildman–Crippen MR) is 241 cm³/mol. The number of carbonyl (C=O) groups excluding carboxylic acids is 2. The van der Waals surface area contributed by atoms with Crippen LogP contribution in [0.3, 0.4) is 0 Å². The lowest BCUT2D eigenvalue weighted by Crippen LogP contribution is -2.01. The molecule has 1 aromatic heterocycles. The smallest absolute Gasteiger partial charge is 0.308 e. The molecule has 0 saturated heterocycles. The number of ketones is 1. The lowest BCUT2D eigenvalue weighted by molar-refractivity contribution is -0.384. The Morgan fingerprint density at radius 2 is 0.939 bits per heavy atom. The van der Waals surface area contributed by atoms with Crippen LogP contribution in [0.2, 0.25) is 0 Å². The molecule has 0 bridgehead atoms. The minimum atomic E-state index is -0.516. The molecule has 0 aliphatic heterocycles. The van der Waals surface area contributed by atoms with Crippen molar-refractivity contribution in [3.8, 4) is 5.75 Å².